The zero-order valence-electron chi connectivity index (χ0n) is 7.94. The smallest absolute Gasteiger partial charge is 0.112 e. The summed E-state index contributed by atoms with van der Waals surface area (Å²) in [5.74, 6) is 0. The molecule has 0 aliphatic carbocycles. The molecule has 0 fully saturated rings. The van der Waals surface area contributed by atoms with Crippen molar-refractivity contribution in [3.8, 4) is 0 Å². The number of rotatable bonds is 2. The molecule has 70 valence electrons. The van der Waals surface area contributed by atoms with Gasteiger partial charge in [-0.2, -0.15) is 0 Å². The van der Waals surface area contributed by atoms with Crippen LogP contribution in [0.15, 0.2) is 24.9 Å². The molecule has 4 heteroatoms. The Morgan fingerprint density at radius 2 is 2.15 bits per heavy atom. The lowest BCUT2D eigenvalue weighted by Gasteiger charge is -1.92. The lowest BCUT2D eigenvalue weighted by molar-refractivity contribution is 0.861. The molecular weight excluding hydrogens is 164 g/mol. The highest BCUT2D eigenvalue weighted by molar-refractivity contribution is 5.59. The van der Waals surface area contributed by atoms with E-state index in [9.17, 15) is 0 Å². The Bertz CT molecular complexity index is 281. The van der Waals surface area contributed by atoms with Crippen LogP contribution in [0.1, 0.15) is 19.5 Å². The fourth-order valence-corrected chi connectivity index (χ4v) is 0.575. The molecule has 0 spiro atoms. The van der Waals surface area contributed by atoms with E-state index >= 15 is 0 Å². The van der Waals surface area contributed by atoms with Crippen LogP contribution in [-0.2, 0) is 0 Å². The molecule has 0 aliphatic heterocycles. The number of nitrogen functional groups attached to an aromatic ring is 1. The van der Waals surface area contributed by atoms with Crippen molar-refractivity contribution >= 4 is 11.8 Å². The Kier molecular flexibility index (Phi) is 6.05. The van der Waals surface area contributed by atoms with Gasteiger partial charge in [-0.15, -0.1) is 10.2 Å². The molecule has 0 radical (unpaired) electrons. The monoisotopic (exact) mass is 178 g/mol. The van der Waals surface area contributed by atoms with Gasteiger partial charge in [-0.25, -0.2) is 0 Å². The lowest BCUT2D eigenvalue weighted by atomic mass is 10.3. The number of aromatic nitrogens is 3. The van der Waals surface area contributed by atoms with Crippen molar-refractivity contribution in [2.75, 3.05) is 5.73 Å². The minimum absolute atomic E-state index is 0.512. The molecule has 1 rings (SSSR count). The summed E-state index contributed by atoms with van der Waals surface area (Å²) >= 11 is 0. The summed E-state index contributed by atoms with van der Waals surface area (Å²) in [5.41, 5.74) is 6.63. The minimum atomic E-state index is 0.512. The van der Waals surface area contributed by atoms with Crippen LogP contribution < -0.4 is 5.73 Å². The highest BCUT2D eigenvalue weighted by Crippen LogP contribution is 2.05. The molecule has 1 aromatic heterocycles. The molecule has 1 aromatic rings. The van der Waals surface area contributed by atoms with Crippen LogP contribution in [0.25, 0.3) is 6.08 Å². The molecule has 0 atom stereocenters. The molecule has 0 aliphatic rings. The number of allylic oxidation sites excluding steroid dienone is 2. The Morgan fingerprint density at radius 3 is 2.69 bits per heavy atom. The quantitative estimate of drug-likeness (QED) is 0.700. The predicted molar refractivity (Wildman–Crippen MR) is 54.8 cm³/mol. The van der Waals surface area contributed by atoms with Gasteiger partial charge in [0.2, 0.25) is 0 Å². The summed E-state index contributed by atoms with van der Waals surface area (Å²) in [6, 6.07) is 0. The first kappa shape index (κ1) is 11.3. The predicted octanol–water partition coefficient (Wildman–Crippen LogP) is 1.68. The van der Waals surface area contributed by atoms with Crippen molar-refractivity contribution in [1.29, 1.82) is 0 Å². The summed E-state index contributed by atoms with van der Waals surface area (Å²) in [6.07, 6.45) is 6.55. The number of hydrogen-bond donors (Lipinski definition) is 1. The van der Waals surface area contributed by atoms with Gasteiger partial charge >= 0.3 is 0 Å². The van der Waals surface area contributed by atoms with E-state index in [1.54, 1.807) is 18.2 Å². The van der Waals surface area contributed by atoms with Crippen molar-refractivity contribution in [2.45, 2.75) is 13.8 Å². The normalized spacial score (nSPS) is 9.08. The third kappa shape index (κ3) is 4.00. The van der Waals surface area contributed by atoms with E-state index in [1.165, 1.54) is 6.20 Å². The number of anilines is 1. The van der Waals surface area contributed by atoms with Crippen LogP contribution in [0.2, 0.25) is 0 Å². The van der Waals surface area contributed by atoms with Gasteiger partial charge in [0.25, 0.3) is 0 Å². The molecule has 13 heavy (non-hydrogen) atoms. The first-order valence-corrected chi connectivity index (χ1v) is 4.07. The molecule has 0 bridgehead atoms. The summed E-state index contributed by atoms with van der Waals surface area (Å²) in [6.45, 7) is 7.51. The summed E-state index contributed by atoms with van der Waals surface area (Å²) in [4.78, 5) is 0. The zero-order valence-corrected chi connectivity index (χ0v) is 7.94. The summed E-state index contributed by atoms with van der Waals surface area (Å²) < 4.78 is 0. The van der Waals surface area contributed by atoms with E-state index < -0.39 is 0 Å². The fourth-order valence-electron chi connectivity index (χ4n) is 0.575. The largest absolute Gasteiger partial charge is 0.396 e. The first-order chi connectivity index (χ1) is 6.34. The third-order valence-corrected chi connectivity index (χ3v) is 1.09. The molecule has 0 saturated heterocycles. The SMILES string of the molecule is C=C/C=C\c1nnncc1N.CC. The van der Waals surface area contributed by atoms with Crippen molar-refractivity contribution in [3.63, 3.8) is 0 Å². The Morgan fingerprint density at radius 1 is 1.46 bits per heavy atom. The maximum Gasteiger partial charge on any atom is 0.112 e. The van der Waals surface area contributed by atoms with E-state index in [2.05, 4.69) is 22.0 Å². The number of nitrogens with two attached hydrogens (primary N) is 1. The topological polar surface area (TPSA) is 64.7 Å². The molecule has 2 N–H and O–H groups in total. The van der Waals surface area contributed by atoms with Crippen molar-refractivity contribution < 1.29 is 0 Å². The minimum Gasteiger partial charge on any atom is -0.396 e. The van der Waals surface area contributed by atoms with E-state index in [-0.39, 0.29) is 0 Å². The molecule has 0 unspecified atom stereocenters. The second-order valence-corrected chi connectivity index (χ2v) is 1.87. The highest BCUT2D eigenvalue weighted by Gasteiger charge is 1.93. The molecule has 1 heterocycles. The van der Waals surface area contributed by atoms with Gasteiger partial charge in [0.05, 0.1) is 11.9 Å². The van der Waals surface area contributed by atoms with Gasteiger partial charge in [-0.05, 0) is 11.3 Å². The lowest BCUT2D eigenvalue weighted by Crippen LogP contribution is -1.96. The summed E-state index contributed by atoms with van der Waals surface area (Å²) in [7, 11) is 0. The van der Waals surface area contributed by atoms with Crippen LogP contribution in [0.4, 0.5) is 5.69 Å². The van der Waals surface area contributed by atoms with Gasteiger partial charge in [0, 0.05) is 0 Å². The van der Waals surface area contributed by atoms with Gasteiger partial charge in [-0.3, -0.25) is 0 Å². The first-order valence-electron chi connectivity index (χ1n) is 4.07. The Hall–Kier alpha value is -1.71. The summed E-state index contributed by atoms with van der Waals surface area (Å²) in [5, 5.41) is 10.6. The van der Waals surface area contributed by atoms with Crippen LogP contribution in [0, 0.1) is 0 Å². The zero-order chi connectivity index (χ0) is 10.1. The van der Waals surface area contributed by atoms with E-state index in [0.717, 1.165) is 0 Å². The van der Waals surface area contributed by atoms with Crippen LogP contribution in [0.3, 0.4) is 0 Å². The molecule has 0 amide bonds. The number of nitrogens with zero attached hydrogens (tertiary/aromatic N) is 3. The Labute approximate surface area is 78.2 Å². The average Bonchev–Trinajstić information content (AvgIpc) is 2.20. The van der Waals surface area contributed by atoms with Crippen LogP contribution >= 0.6 is 0 Å². The second-order valence-electron chi connectivity index (χ2n) is 1.87. The molecular formula is C9H14N4. The molecule has 0 aromatic carbocycles. The number of hydrogen-bond acceptors (Lipinski definition) is 4. The van der Waals surface area contributed by atoms with Gasteiger partial charge in [0.1, 0.15) is 5.69 Å². The highest BCUT2D eigenvalue weighted by atomic mass is 15.3. The van der Waals surface area contributed by atoms with Crippen molar-refractivity contribution in [2.24, 2.45) is 0 Å². The van der Waals surface area contributed by atoms with E-state index in [0.29, 0.717) is 11.4 Å². The van der Waals surface area contributed by atoms with Gasteiger partial charge in [0.15, 0.2) is 0 Å². The average molecular weight is 178 g/mol. The van der Waals surface area contributed by atoms with Crippen LogP contribution in [-0.4, -0.2) is 15.4 Å². The van der Waals surface area contributed by atoms with Gasteiger partial charge < -0.3 is 5.73 Å². The molecule has 0 saturated carbocycles. The maximum absolute atomic E-state index is 5.51. The molecule has 4 nitrogen and oxygen atoms in total. The maximum atomic E-state index is 5.51. The standard InChI is InChI=1S/C7H8N4.C2H6/c1-2-3-4-7-6(8)5-9-11-10-7;1-2/h2-5H,1H2,(H2,8,11);1-2H3/b4-3-;. The van der Waals surface area contributed by atoms with E-state index in [1.807, 2.05) is 13.8 Å². The van der Waals surface area contributed by atoms with Crippen molar-refractivity contribution in [3.05, 3.63) is 30.6 Å². The Balaban J connectivity index is 0.000000671. The van der Waals surface area contributed by atoms with E-state index in [4.69, 9.17) is 5.73 Å². The fraction of sp³-hybridized carbons (Fsp3) is 0.222. The third-order valence-electron chi connectivity index (χ3n) is 1.09. The second kappa shape index (κ2) is 6.97. The van der Waals surface area contributed by atoms with Gasteiger partial charge in [-0.1, -0.05) is 32.6 Å². The van der Waals surface area contributed by atoms with Crippen molar-refractivity contribution in [1.82, 2.24) is 15.4 Å². The van der Waals surface area contributed by atoms with Crippen LogP contribution in [0.5, 0.6) is 0 Å².